The Morgan fingerprint density at radius 1 is 1.10 bits per heavy atom. The summed E-state index contributed by atoms with van der Waals surface area (Å²) in [6.45, 7) is 2.36. The highest BCUT2D eigenvalue weighted by Gasteiger charge is 2.37. The van der Waals surface area contributed by atoms with Crippen molar-refractivity contribution in [2.24, 2.45) is 0 Å². The van der Waals surface area contributed by atoms with Crippen LogP contribution in [0, 0.1) is 6.92 Å². The second kappa shape index (κ2) is 5.58. The molecule has 1 aliphatic rings. The lowest BCUT2D eigenvalue weighted by atomic mass is 10.2. The van der Waals surface area contributed by atoms with Crippen LogP contribution < -0.4 is 0 Å². The summed E-state index contributed by atoms with van der Waals surface area (Å²) in [6, 6.07) is 10.9. The number of nitrogens with zero attached hydrogens (tertiary/aromatic N) is 2. The van der Waals surface area contributed by atoms with Gasteiger partial charge < -0.3 is 0 Å². The van der Waals surface area contributed by atoms with Gasteiger partial charge in [0.05, 0.1) is 4.90 Å². The number of aryl methyl sites for hydroxylation is 1. The van der Waals surface area contributed by atoms with Crippen LogP contribution in [0.3, 0.4) is 0 Å². The molecule has 0 N–H and O–H groups in total. The number of hydrogen-bond donors (Lipinski definition) is 0. The van der Waals surface area contributed by atoms with Crippen molar-refractivity contribution >= 4 is 10.0 Å². The maximum atomic E-state index is 12.8. The summed E-state index contributed by atoms with van der Waals surface area (Å²) in [6.07, 6.45) is 5.27. The largest absolute Gasteiger partial charge is 0.265 e. The van der Waals surface area contributed by atoms with Crippen LogP contribution in [0.25, 0.3) is 0 Å². The lowest BCUT2D eigenvalue weighted by molar-refractivity contribution is 0.398. The molecule has 0 unspecified atom stereocenters. The maximum Gasteiger partial charge on any atom is 0.243 e. The molecule has 0 atom stereocenters. The molecule has 1 heterocycles. The summed E-state index contributed by atoms with van der Waals surface area (Å²) >= 11 is 0. The molecule has 1 aromatic heterocycles. The fourth-order valence-corrected chi connectivity index (χ4v) is 3.96. The minimum Gasteiger partial charge on any atom is -0.265 e. The first kappa shape index (κ1) is 14.2. The molecule has 21 heavy (non-hydrogen) atoms. The van der Waals surface area contributed by atoms with Crippen molar-refractivity contribution < 1.29 is 8.42 Å². The zero-order valence-corrected chi connectivity index (χ0v) is 12.8. The minimum atomic E-state index is -3.44. The summed E-state index contributed by atoms with van der Waals surface area (Å²) in [5, 5.41) is 0. The van der Waals surface area contributed by atoms with Crippen LogP contribution in [0.4, 0.5) is 0 Å². The molecule has 4 nitrogen and oxygen atoms in total. The Hall–Kier alpha value is -1.72. The van der Waals surface area contributed by atoms with E-state index in [0.717, 1.165) is 24.0 Å². The van der Waals surface area contributed by atoms with Crippen molar-refractivity contribution in [1.82, 2.24) is 9.29 Å². The quantitative estimate of drug-likeness (QED) is 0.853. The van der Waals surface area contributed by atoms with E-state index < -0.39 is 10.0 Å². The zero-order chi connectivity index (χ0) is 14.9. The highest BCUT2D eigenvalue weighted by molar-refractivity contribution is 7.89. The predicted molar refractivity (Wildman–Crippen MR) is 81.2 cm³/mol. The second-order valence-corrected chi connectivity index (χ2v) is 7.34. The summed E-state index contributed by atoms with van der Waals surface area (Å²) < 4.78 is 27.3. The highest BCUT2D eigenvalue weighted by atomic mass is 32.2. The number of aromatic nitrogens is 1. The number of hydrogen-bond acceptors (Lipinski definition) is 3. The first-order chi connectivity index (χ1) is 10.1. The third-order valence-electron chi connectivity index (χ3n) is 3.67. The number of pyridine rings is 1. The molecule has 1 fully saturated rings. The first-order valence-corrected chi connectivity index (χ1v) is 8.49. The van der Waals surface area contributed by atoms with Gasteiger partial charge in [-0.15, -0.1) is 0 Å². The van der Waals surface area contributed by atoms with Gasteiger partial charge in [0.2, 0.25) is 10.0 Å². The van der Waals surface area contributed by atoms with Gasteiger partial charge in [0.25, 0.3) is 0 Å². The van der Waals surface area contributed by atoms with Crippen LogP contribution in [-0.4, -0.2) is 23.7 Å². The molecule has 0 aliphatic heterocycles. The lowest BCUT2D eigenvalue weighted by Crippen LogP contribution is -2.32. The average molecular weight is 302 g/mol. The SMILES string of the molecule is Cc1ccc(S(=O)(=O)N(Cc2ccncc2)C2CC2)cc1. The minimum absolute atomic E-state index is 0.129. The molecular weight excluding hydrogens is 284 g/mol. The molecule has 2 aromatic rings. The molecule has 1 aliphatic carbocycles. The molecule has 110 valence electrons. The van der Waals surface area contributed by atoms with Crippen molar-refractivity contribution in [3.8, 4) is 0 Å². The van der Waals surface area contributed by atoms with E-state index in [-0.39, 0.29) is 6.04 Å². The van der Waals surface area contributed by atoms with Crippen molar-refractivity contribution in [3.05, 3.63) is 59.9 Å². The van der Waals surface area contributed by atoms with Crippen molar-refractivity contribution in [1.29, 1.82) is 0 Å². The van der Waals surface area contributed by atoms with Crippen molar-refractivity contribution in [2.45, 2.75) is 37.2 Å². The van der Waals surface area contributed by atoms with E-state index in [0.29, 0.717) is 11.4 Å². The van der Waals surface area contributed by atoms with Crippen LogP contribution in [0.15, 0.2) is 53.7 Å². The van der Waals surface area contributed by atoms with E-state index in [1.54, 1.807) is 28.8 Å². The Morgan fingerprint density at radius 2 is 1.71 bits per heavy atom. The van der Waals surface area contributed by atoms with Crippen LogP contribution in [0.2, 0.25) is 0 Å². The highest BCUT2D eigenvalue weighted by Crippen LogP contribution is 2.33. The molecule has 1 aromatic carbocycles. The summed E-state index contributed by atoms with van der Waals surface area (Å²) in [4.78, 5) is 4.34. The monoisotopic (exact) mass is 302 g/mol. The lowest BCUT2D eigenvalue weighted by Gasteiger charge is -2.22. The normalized spacial score (nSPS) is 15.3. The molecule has 5 heteroatoms. The first-order valence-electron chi connectivity index (χ1n) is 7.05. The number of benzene rings is 1. The Morgan fingerprint density at radius 3 is 2.29 bits per heavy atom. The Kier molecular flexibility index (Phi) is 3.78. The van der Waals surface area contributed by atoms with Crippen LogP contribution in [0.1, 0.15) is 24.0 Å². The third kappa shape index (κ3) is 3.14. The maximum absolute atomic E-state index is 12.8. The second-order valence-electron chi connectivity index (χ2n) is 5.45. The van der Waals surface area contributed by atoms with Gasteiger partial charge >= 0.3 is 0 Å². The van der Waals surface area contributed by atoms with Gasteiger partial charge in [0.1, 0.15) is 0 Å². The van der Waals surface area contributed by atoms with Gasteiger partial charge in [-0.05, 0) is 49.6 Å². The van der Waals surface area contributed by atoms with Gasteiger partial charge in [-0.25, -0.2) is 8.42 Å². The molecular formula is C16H18N2O2S. The Balaban J connectivity index is 1.91. The van der Waals surface area contributed by atoms with E-state index in [4.69, 9.17) is 0 Å². The van der Waals surface area contributed by atoms with E-state index >= 15 is 0 Å². The standard InChI is InChI=1S/C16H18N2O2S/c1-13-2-6-16(7-3-13)21(19,20)18(15-4-5-15)12-14-8-10-17-11-9-14/h2-3,6-11,15H,4-5,12H2,1H3. The molecule has 3 rings (SSSR count). The molecule has 0 bridgehead atoms. The summed E-state index contributed by atoms with van der Waals surface area (Å²) in [5.74, 6) is 0. The van der Waals surface area contributed by atoms with Gasteiger partial charge in [-0.2, -0.15) is 4.31 Å². The van der Waals surface area contributed by atoms with E-state index in [2.05, 4.69) is 4.98 Å². The van der Waals surface area contributed by atoms with Gasteiger partial charge in [0.15, 0.2) is 0 Å². The van der Waals surface area contributed by atoms with E-state index in [9.17, 15) is 8.42 Å². The van der Waals surface area contributed by atoms with Crippen LogP contribution in [-0.2, 0) is 16.6 Å². The zero-order valence-electron chi connectivity index (χ0n) is 11.9. The fourth-order valence-electron chi connectivity index (χ4n) is 2.29. The van der Waals surface area contributed by atoms with Gasteiger partial charge in [-0.1, -0.05) is 17.7 Å². The van der Waals surface area contributed by atoms with Gasteiger partial charge in [0, 0.05) is 25.0 Å². The molecule has 0 spiro atoms. The average Bonchev–Trinajstić information content (AvgIpc) is 3.31. The molecule has 0 amide bonds. The molecule has 1 saturated carbocycles. The topological polar surface area (TPSA) is 50.3 Å². The molecule has 0 saturated heterocycles. The predicted octanol–water partition coefficient (Wildman–Crippen LogP) is 2.74. The van der Waals surface area contributed by atoms with E-state index in [1.807, 2.05) is 31.2 Å². The fraction of sp³-hybridized carbons (Fsp3) is 0.312. The molecule has 0 radical (unpaired) electrons. The third-order valence-corrected chi connectivity index (χ3v) is 5.58. The number of rotatable bonds is 5. The Labute approximate surface area is 125 Å². The Bertz CT molecular complexity index is 708. The van der Waals surface area contributed by atoms with Crippen molar-refractivity contribution in [3.63, 3.8) is 0 Å². The summed E-state index contributed by atoms with van der Waals surface area (Å²) in [7, 11) is -3.44. The smallest absolute Gasteiger partial charge is 0.243 e. The summed E-state index contributed by atoms with van der Waals surface area (Å²) in [5.41, 5.74) is 2.02. The van der Waals surface area contributed by atoms with Crippen LogP contribution in [0.5, 0.6) is 0 Å². The number of sulfonamides is 1. The van der Waals surface area contributed by atoms with E-state index in [1.165, 1.54) is 0 Å². The van der Waals surface area contributed by atoms with Gasteiger partial charge in [-0.3, -0.25) is 4.98 Å². The van der Waals surface area contributed by atoms with Crippen LogP contribution >= 0.6 is 0 Å². The van der Waals surface area contributed by atoms with Crippen molar-refractivity contribution in [2.75, 3.05) is 0 Å².